The zero-order chi connectivity index (χ0) is 18.7. The van der Waals surface area contributed by atoms with Crippen LogP contribution < -0.4 is 9.41 Å². The number of rotatable bonds is 6. The highest BCUT2D eigenvalue weighted by Crippen LogP contribution is 2.46. The largest absolute Gasteiger partial charge is 0.564 e. The quantitative estimate of drug-likeness (QED) is 0.348. The molecule has 0 amide bonds. The molecule has 0 bridgehead atoms. The van der Waals surface area contributed by atoms with Crippen molar-refractivity contribution in [3.05, 3.63) is 64.2 Å². The number of halogens is 3. The average Bonchev–Trinajstić information content (AvgIpc) is 2.52. The van der Waals surface area contributed by atoms with Gasteiger partial charge in [-0.3, -0.25) is 15.0 Å². The average molecular weight is 379 g/mol. The molecule has 2 rings (SSSR count). The van der Waals surface area contributed by atoms with Gasteiger partial charge >= 0.3 is 14.0 Å². The zero-order valence-corrected chi connectivity index (χ0v) is 12.9. The molecule has 0 radical (unpaired) electrons. The third-order valence-electron chi connectivity index (χ3n) is 2.66. The molecule has 0 saturated heterocycles. The van der Waals surface area contributed by atoms with Crippen molar-refractivity contribution in [3.8, 4) is 11.5 Å². The maximum Gasteiger partial charge on any atom is 0.564 e. The van der Waals surface area contributed by atoms with Gasteiger partial charge in [0.15, 0.2) is 5.75 Å². The number of alkyl halides is 3. The van der Waals surface area contributed by atoms with Crippen molar-refractivity contribution >= 4 is 13.5 Å². The first-order chi connectivity index (χ1) is 11.6. The molecule has 0 spiro atoms. The summed E-state index contributed by atoms with van der Waals surface area (Å²) in [5.41, 5.74) is -2.39. The molecule has 0 aliphatic heterocycles. The maximum absolute atomic E-state index is 12.9. The lowest BCUT2D eigenvalue weighted by atomic mass is 10.1. The number of phosphoric ester groups is 1. The van der Waals surface area contributed by atoms with Crippen molar-refractivity contribution in [1.29, 1.82) is 0 Å². The van der Waals surface area contributed by atoms with Crippen molar-refractivity contribution in [2.45, 2.75) is 6.18 Å². The van der Waals surface area contributed by atoms with E-state index in [2.05, 4.69) is 14.1 Å². The van der Waals surface area contributed by atoms with E-state index in [1.54, 1.807) is 6.07 Å². The van der Waals surface area contributed by atoms with E-state index in [-0.39, 0.29) is 11.8 Å². The number of non-ortho nitro benzene ring substituents is 1. The minimum atomic E-state index is -5.02. The number of hydrogen-bond acceptors (Lipinski definition) is 6. The molecule has 8 nitrogen and oxygen atoms in total. The smallest absolute Gasteiger partial charge is 0.402 e. The first kappa shape index (κ1) is 18.7. The molecule has 25 heavy (non-hydrogen) atoms. The Hall–Kier alpha value is -2.62. The molecule has 134 valence electrons. The van der Waals surface area contributed by atoms with Gasteiger partial charge in [-0.15, -0.1) is 0 Å². The van der Waals surface area contributed by atoms with Gasteiger partial charge < -0.3 is 9.41 Å². The SMILES string of the molecule is O=[N+]([O-])c1ccc(OOP(=O)(O)Oc2ccccc2)c(C(F)(F)F)c1. The second kappa shape index (κ2) is 7.09. The monoisotopic (exact) mass is 379 g/mol. The fourth-order valence-corrected chi connectivity index (χ4v) is 2.24. The molecule has 0 fully saturated rings. The Morgan fingerprint density at radius 1 is 1.12 bits per heavy atom. The first-order valence-corrected chi connectivity index (χ1v) is 7.87. The molecule has 2 aromatic rings. The van der Waals surface area contributed by atoms with Crippen LogP contribution in [0.15, 0.2) is 48.5 Å². The van der Waals surface area contributed by atoms with Gasteiger partial charge in [-0.1, -0.05) is 22.9 Å². The Bertz CT molecular complexity index is 813. The van der Waals surface area contributed by atoms with Crippen LogP contribution in [0.1, 0.15) is 5.56 Å². The van der Waals surface area contributed by atoms with Crippen molar-refractivity contribution < 1.29 is 41.6 Å². The molecule has 0 aromatic heterocycles. The van der Waals surface area contributed by atoms with E-state index in [9.17, 15) is 32.7 Å². The van der Waals surface area contributed by atoms with Gasteiger partial charge in [0, 0.05) is 12.1 Å². The summed E-state index contributed by atoms with van der Waals surface area (Å²) in [5, 5.41) is 10.6. The molecular formula is C13H9F3NO7P. The van der Waals surface area contributed by atoms with Crippen molar-refractivity contribution in [3.63, 3.8) is 0 Å². The number of nitrogens with zero attached hydrogens (tertiary/aromatic N) is 1. The van der Waals surface area contributed by atoms with Crippen LogP contribution in [-0.2, 0) is 15.4 Å². The lowest BCUT2D eigenvalue weighted by Crippen LogP contribution is -2.10. The summed E-state index contributed by atoms with van der Waals surface area (Å²) in [6, 6.07) is 8.68. The van der Waals surface area contributed by atoms with Crippen LogP contribution in [0.5, 0.6) is 11.5 Å². The van der Waals surface area contributed by atoms with Gasteiger partial charge in [0.1, 0.15) is 11.3 Å². The van der Waals surface area contributed by atoms with E-state index in [1.807, 2.05) is 0 Å². The van der Waals surface area contributed by atoms with E-state index in [0.29, 0.717) is 12.1 Å². The summed E-state index contributed by atoms with van der Waals surface area (Å²) in [4.78, 5) is 23.3. The number of phosphoric acid groups is 1. The Morgan fingerprint density at radius 3 is 2.32 bits per heavy atom. The molecule has 0 saturated carbocycles. The second-order valence-corrected chi connectivity index (χ2v) is 5.73. The molecule has 12 heteroatoms. The number of nitro benzene ring substituents is 1. The van der Waals surface area contributed by atoms with Crippen LogP contribution in [0.4, 0.5) is 18.9 Å². The van der Waals surface area contributed by atoms with Gasteiger partial charge in [-0.25, -0.2) is 4.57 Å². The van der Waals surface area contributed by atoms with Crippen molar-refractivity contribution in [1.82, 2.24) is 0 Å². The first-order valence-electron chi connectivity index (χ1n) is 6.38. The van der Waals surface area contributed by atoms with Crippen LogP contribution in [0, 0.1) is 10.1 Å². The molecule has 1 N–H and O–H groups in total. The summed E-state index contributed by atoms with van der Waals surface area (Å²) < 4.78 is 59.2. The minimum Gasteiger partial charge on any atom is -0.402 e. The van der Waals surface area contributed by atoms with Gasteiger partial charge in [0.05, 0.1) is 4.92 Å². The Morgan fingerprint density at radius 2 is 1.76 bits per heavy atom. The lowest BCUT2D eigenvalue weighted by Gasteiger charge is -2.15. The predicted molar refractivity (Wildman–Crippen MR) is 76.7 cm³/mol. The van der Waals surface area contributed by atoms with Crippen LogP contribution in [0.3, 0.4) is 0 Å². The number of nitro groups is 1. The highest BCUT2D eigenvalue weighted by Gasteiger charge is 2.37. The van der Waals surface area contributed by atoms with Crippen molar-refractivity contribution in [2.75, 3.05) is 0 Å². The molecule has 0 aliphatic carbocycles. The van der Waals surface area contributed by atoms with E-state index >= 15 is 0 Å². The molecular weight excluding hydrogens is 370 g/mol. The topological polar surface area (TPSA) is 108 Å². The molecule has 0 heterocycles. The van der Waals surface area contributed by atoms with Crippen LogP contribution in [0.25, 0.3) is 0 Å². The highest BCUT2D eigenvalue weighted by atomic mass is 31.2. The van der Waals surface area contributed by atoms with E-state index in [1.165, 1.54) is 24.3 Å². The summed E-state index contributed by atoms with van der Waals surface area (Å²) in [6.07, 6.45) is -5.02. The maximum atomic E-state index is 12.9. The Balaban J connectivity index is 2.19. The summed E-state index contributed by atoms with van der Waals surface area (Å²) in [7, 11) is -4.91. The van der Waals surface area contributed by atoms with Crippen LogP contribution >= 0.6 is 7.82 Å². The minimum absolute atomic E-state index is 0.0864. The third-order valence-corrected chi connectivity index (χ3v) is 3.37. The summed E-state index contributed by atoms with van der Waals surface area (Å²) in [5.74, 6) is -1.12. The van der Waals surface area contributed by atoms with Gasteiger partial charge in [0.2, 0.25) is 0 Å². The Kier molecular flexibility index (Phi) is 5.31. The van der Waals surface area contributed by atoms with Crippen molar-refractivity contribution in [2.24, 2.45) is 0 Å². The lowest BCUT2D eigenvalue weighted by molar-refractivity contribution is -0.385. The fraction of sp³-hybridized carbons (Fsp3) is 0.0769. The predicted octanol–water partition coefficient (Wildman–Crippen LogP) is 4.10. The molecule has 2 aromatic carbocycles. The highest BCUT2D eigenvalue weighted by molar-refractivity contribution is 7.47. The molecule has 1 atom stereocenters. The second-order valence-electron chi connectivity index (χ2n) is 4.47. The number of para-hydroxylation sites is 1. The fourth-order valence-electron chi connectivity index (χ4n) is 1.64. The number of benzene rings is 2. The van der Waals surface area contributed by atoms with Gasteiger partial charge in [-0.05, 0) is 18.2 Å². The van der Waals surface area contributed by atoms with Gasteiger partial charge in [-0.2, -0.15) is 13.2 Å². The number of hydrogen-bond donors (Lipinski definition) is 1. The molecule has 0 aliphatic rings. The Labute approximate surface area is 138 Å². The third kappa shape index (κ3) is 5.18. The van der Waals surface area contributed by atoms with Crippen LogP contribution in [-0.4, -0.2) is 9.82 Å². The van der Waals surface area contributed by atoms with E-state index < -0.39 is 35.9 Å². The zero-order valence-electron chi connectivity index (χ0n) is 12.0. The van der Waals surface area contributed by atoms with Gasteiger partial charge in [0.25, 0.3) is 5.69 Å². The molecule has 1 unspecified atom stereocenters. The standard InChI is InChI=1S/C13H9F3NO7P/c14-13(15,16)11-8-9(17(18)19)6-7-12(11)22-24-25(20,21)23-10-4-2-1-3-5-10/h1-8H,(H,20,21). The van der Waals surface area contributed by atoms with E-state index in [0.717, 1.165) is 0 Å². The summed E-state index contributed by atoms with van der Waals surface area (Å²) >= 11 is 0. The normalized spacial score (nSPS) is 13.8. The van der Waals surface area contributed by atoms with E-state index in [4.69, 9.17) is 0 Å². The summed E-state index contributed by atoms with van der Waals surface area (Å²) in [6.45, 7) is 0. The van der Waals surface area contributed by atoms with Crippen LogP contribution in [0.2, 0.25) is 0 Å².